The van der Waals surface area contributed by atoms with Crippen LogP contribution in [0.3, 0.4) is 0 Å². The summed E-state index contributed by atoms with van der Waals surface area (Å²) in [5, 5.41) is 10.2. The van der Waals surface area contributed by atoms with E-state index in [2.05, 4.69) is 27.1 Å². The average molecular weight is 282 g/mol. The molecule has 19 heavy (non-hydrogen) atoms. The van der Waals surface area contributed by atoms with Crippen molar-refractivity contribution in [1.29, 1.82) is 0 Å². The average Bonchev–Trinajstić information content (AvgIpc) is 2.85. The number of aromatic nitrogens is 3. The Bertz CT molecular complexity index is 636. The summed E-state index contributed by atoms with van der Waals surface area (Å²) in [6.07, 6.45) is 4.17. The molecule has 0 saturated carbocycles. The zero-order valence-electron chi connectivity index (χ0n) is 10.9. The van der Waals surface area contributed by atoms with Crippen LogP contribution < -0.4 is 4.72 Å². The van der Waals surface area contributed by atoms with Crippen molar-refractivity contribution in [1.82, 2.24) is 20.1 Å². The van der Waals surface area contributed by atoms with Gasteiger partial charge in [-0.3, -0.25) is 0 Å². The molecule has 1 aromatic carbocycles. The second-order valence-electron chi connectivity index (χ2n) is 4.43. The Hall–Kier alpha value is -1.47. The fourth-order valence-corrected chi connectivity index (χ4v) is 2.92. The maximum atomic E-state index is 12.1. The molecule has 1 heterocycles. The van der Waals surface area contributed by atoms with E-state index < -0.39 is 10.0 Å². The summed E-state index contributed by atoms with van der Waals surface area (Å²) in [5.74, 6) is 0. The first kappa shape index (κ1) is 14.0. The van der Waals surface area contributed by atoms with Gasteiger partial charge in [0.2, 0.25) is 10.0 Å². The molecule has 0 saturated heterocycles. The monoisotopic (exact) mass is 282 g/mol. The van der Waals surface area contributed by atoms with Gasteiger partial charge in [-0.1, -0.05) is 26.2 Å². The third kappa shape index (κ3) is 3.51. The van der Waals surface area contributed by atoms with E-state index in [-0.39, 0.29) is 4.90 Å². The highest BCUT2D eigenvalue weighted by Gasteiger charge is 2.14. The van der Waals surface area contributed by atoms with Gasteiger partial charge in [0.05, 0.1) is 4.90 Å². The number of H-pyrrole nitrogens is 1. The molecule has 2 aromatic rings. The summed E-state index contributed by atoms with van der Waals surface area (Å²) in [4.78, 5) is 0.226. The van der Waals surface area contributed by atoms with Crippen molar-refractivity contribution in [2.45, 2.75) is 37.5 Å². The second-order valence-corrected chi connectivity index (χ2v) is 6.20. The molecular formula is C12H18N4O2S. The normalized spacial score (nSPS) is 12.1. The number of unbranched alkanes of at least 4 members (excludes halogenated alkanes) is 3. The fraction of sp³-hybridized carbons (Fsp3) is 0.500. The molecule has 7 heteroatoms. The van der Waals surface area contributed by atoms with E-state index in [4.69, 9.17) is 0 Å². The Labute approximate surface area is 112 Å². The minimum Gasteiger partial charge on any atom is -0.211 e. The lowest BCUT2D eigenvalue weighted by Gasteiger charge is -2.06. The van der Waals surface area contributed by atoms with Crippen molar-refractivity contribution < 1.29 is 8.42 Å². The molecular weight excluding hydrogens is 264 g/mol. The Morgan fingerprint density at radius 2 is 1.95 bits per heavy atom. The van der Waals surface area contributed by atoms with Gasteiger partial charge >= 0.3 is 0 Å². The van der Waals surface area contributed by atoms with Gasteiger partial charge in [-0.2, -0.15) is 15.4 Å². The summed E-state index contributed by atoms with van der Waals surface area (Å²) in [6.45, 7) is 2.59. The van der Waals surface area contributed by atoms with Crippen LogP contribution in [0.15, 0.2) is 23.1 Å². The zero-order valence-corrected chi connectivity index (χ0v) is 11.7. The first-order chi connectivity index (χ1) is 9.13. The van der Waals surface area contributed by atoms with E-state index in [1.54, 1.807) is 12.1 Å². The Kier molecular flexibility index (Phi) is 4.49. The number of aromatic amines is 1. The lowest BCUT2D eigenvalue weighted by atomic mass is 10.2. The summed E-state index contributed by atoms with van der Waals surface area (Å²) in [5.41, 5.74) is 1.20. The standard InChI is InChI=1S/C12H18N4O2S/c1-2-3-4-5-8-13-19(17,18)10-6-7-11-12(9-10)15-16-14-11/h6-7,9,13H,2-5,8H2,1H3,(H,14,15,16). The number of nitrogens with one attached hydrogen (secondary N) is 2. The van der Waals surface area contributed by atoms with E-state index >= 15 is 0 Å². The van der Waals surface area contributed by atoms with Crippen LogP contribution in [0.1, 0.15) is 32.6 Å². The largest absolute Gasteiger partial charge is 0.240 e. The van der Waals surface area contributed by atoms with Crippen LogP contribution in [0, 0.1) is 0 Å². The molecule has 0 amide bonds. The lowest BCUT2D eigenvalue weighted by Crippen LogP contribution is -2.24. The zero-order chi connectivity index (χ0) is 13.7. The Morgan fingerprint density at radius 1 is 1.16 bits per heavy atom. The summed E-state index contributed by atoms with van der Waals surface area (Å²) >= 11 is 0. The molecule has 6 nitrogen and oxygen atoms in total. The molecule has 0 aliphatic heterocycles. The predicted molar refractivity (Wildman–Crippen MR) is 73.2 cm³/mol. The number of hydrogen-bond donors (Lipinski definition) is 2. The van der Waals surface area contributed by atoms with Gasteiger partial charge < -0.3 is 0 Å². The van der Waals surface area contributed by atoms with E-state index in [1.807, 2.05) is 0 Å². The van der Waals surface area contributed by atoms with Crippen LogP contribution in [0.5, 0.6) is 0 Å². The molecule has 1 aromatic heterocycles. The fourth-order valence-electron chi connectivity index (χ4n) is 1.83. The van der Waals surface area contributed by atoms with Crippen LogP contribution in [0.25, 0.3) is 11.0 Å². The van der Waals surface area contributed by atoms with Crippen molar-refractivity contribution in [3.63, 3.8) is 0 Å². The van der Waals surface area contributed by atoms with E-state index in [9.17, 15) is 8.42 Å². The summed E-state index contributed by atoms with van der Waals surface area (Å²) < 4.78 is 26.7. The number of hydrogen-bond acceptors (Lipinski definition) is 4. The van der Waals surface area contributed by atoms with Crippen molar-refractivity contribution in [2.24, 2.45) is 0 Å². The van der Waals surface area contributed by atoms with Crippen LogP contribution in [0.4, 0.5) is 0 Å². The lowest BCUT2D eigenvalue weighted by molar-refractivity contribution is 0.574. The highest BCUT2D eigenvalue weighted by atomic mass is 32.2. The molecule has 0 bridgehead atoms. The summed E-state index contributed by atoms with van der Waals surface area (Å²) in [6, 6.07) is 4.71. The molecule has 0 fully saturated rings. The van der Waals surface area contributed by atoms with E-state index in [1.165, 1.54) is 6.07 Å². The molecule has 0 radical (unpaired) electrons. The van der Waals surface area contributed by atoms with Gasteiger partial charge in [-0.05, 0) is 24.6 Å². The van der Waals surface area contributed by atoms with Crippen molar-refractivity contribution in [3.8, 4) is 0 Å². The van der Waals surface area contributed by atoms with Gasteiger partial charge in [-0.15, -0.1) is 0 Å². The van der Waals surface area contributed by atoms with E-state index in [0.717, 1.165) is 25.7 Å². The maximum Gasteiger partial charge on any atom is 0.240 e. The molecule has 0 atom stereocenters. The van der Waals surface area contributed by atoms with Crippen LogP contribution in [-0.4, -0.2) is 30.4 Å². The SMILES string of the molecule is CCCCCCNS(=O)(=O)c1ccc2n[nH]nc2c1. The smallest absolute Gasteiger partial charge is 0.211 e. The highest BCUT2D eigenvalue weighted by molar-refractivity contribution is 7.89. The van der Waals surface area contributed by atoms with Crippen molar-refractivity contribution in [3.05, 3.63) is 18.2 Å². The number of benzene rings is 1. The number of sulfonamides is 1. The highest BCUT2D eigenvalue weighted by Crippen LogP contribution is 2.15. The molecule has 0 spiro atoms. The first-order valence-corrected chi connectivity index (χ1v) is 7.92. The number of rotatable bonds is 7. The van der Waals surface area contributed by atoms with Gasteiger partial charge in [0.1, 0.15) is 11.0 Å². The first-order valence-electron chi connectivity index (χ1n) is 6.43. The van der Waals surface area contributed by atoms with Crippen LogP contribution >= 0.6 is 0 Å². The van der Waals surface area contributed by atoms with Gasteiger partial charge in [-0.25, -0.2) is 13.1 Å². The predicted octanol–water partition coefficient (Wildman–Crippen LogP) is 1.82. The third-order valence-electron chi connectivity index (χ3n) is 2.92. The molecule has 2 N–H and O–H groups in total. The van der Waals surface area contributed by atoms with Crippen molar-refractivity contribution in [2.75, 3.05) is 6.54 Å². The third-order valence-corrected chi connectivity index (χ3v) is 4.38. The maximum absolute atomic E-state index is 12.1. The minimum absolute atomic E-state index is 0.226. The van der Waals surface area contributed by atoms with Crippen molar-refractivity contribution >= 4 is 21.1 Å². The van der Waals surface area contributed by atoms with Gasteiger partial charge in [0, 0.05) is 6.54 Å². The molecule has 104 valence electrons. The van der Waals surface area contributed by atoms with E-state index in [0.29, 0.717) is 17.6 Å². The van der Waals surface area contributed by atoms with Crippen LogP contribution in [0.2, 0.25) is 0 Å². The Balaban J connectivity index is 2.02. The second kappa shape index (κ2) is 6.12. The summed E-state index contributed by atoms with van der Waals surface area (Å²) in [7, 11) is -3.45. The molecule has 2 rings (SSSR count). The quantitative estimate of drug-likeness (QED) is 0.758. The van der Waals surface area contributed by atoms with Crippen LogP contribution in [-0.2, 0) is 10.0 Å². The van der Waals surface area contributed by atoms with Gasteiger partial charge in [0.15, 0.2) is 0 Å². The number of nitrogens with zero attached hydrogens (tertiary/aromatic N) is 2. The minimum atomic E-state index is -3.45. The van der Waals surface area contributed by atoms with Gasteiger partial charge in [0.25, 0.3) is 0 Å². The topological polar surface area (TPSA) is 87.7 Å². The molecule has 0 unspecified atom stereocenters. The molecule has 0 aliphatic carbocycles. The Morgan fingerprint density at radius 3 is 2.74 bits per heavy atom. The number of fused-ring (bicyclic) bond motifs is 1. The molecule has 0 aliphatic rings.